The normalized spacial score (nSPS) is 24.3. The molecule has 3 unspecified atom stereocenters. The van der Waals surface area contributed by atoms with Gasteiger partial charge in [-0.3, -0.25) is 4.79 Å². The fourth-order valence-corrected chi connectivity index (χ4v) is 3.66. The zero-order chi connectivity index (χ0) is 14.5. The Morgan fingerprint density at radius 2 is 2.05 bits per heavy atom. The van der Waals surface area contributed by atoms with Gasteiger partial charge in [-0.15, -0.1) is 0 Å². The summed E-state index contributed by atoms with van der Waals surface area (Å²) in [6.07, 6.45) is 6.46. The minimum Gasteiger partial charge on any atom is -0.481 e. The van der Waals surface area contributed by atoms with Gasteiger partial charge in [0.25, 0.3) is 0 Å². The highest BCUT2D eigenvalue weighted by molar-refractivity contribution is 9.10. The van der Waals surface area contributed by atoms with Crippen molar-refractivity contribution in [3.63, 3.8) is 0 Å². The first kappa shape index (κ1) is 15.6. The molecule has 1 aromatic rings. The summed E-state index contributed by atoms with van der Waals surface area (Å²) in [5.74, 6) is 0.204. The number of benzene rings is 1. The Kier molecular flexibility index (Phi) is 5.64. The van der Waals surface area contributed by atoms with Crippen LogP contribution in [0, 0.1) is 17.8 Å². The van der Waals surface area contributed by atoms with Gasteiger partial charge in [0.15, 0.2) is 0 Å². The molecule has 0 bridgehead atoms. The number of rotatable bonds is 5. The molecule has 110 valence electrons. The topological polar surface area (TPSA) is 37.3 Å². The van der Waals surface area contributed by atoms with Crippen LogP contribution in [0.25, 0.3) is 0 Å². The lowest BCUT2D eigenvalue weighted by atomic mass is 9.72. The number of carboxylic acids is 1. The highest BCUT2D eigenvalue weighted by Crippen LogP contribution is 2.36. The van der Waals surface area contributed by atoms with Crippen LogP contribution >= 0.6 is 15.9 Å². The van der Waals surface area contributed by atoms with E-state index >= 15 is 0 Å². The largest absolute Gasteiger partial charge is 0.481 e. The van der Waals surface area contributed by atoms with Gasteiger partial charge in [-0.25, -0.2) is 0 Å². The van der Waals surface area contributed by atoms with Crippen LogP contribution in [0.4, 0.5) is 0 Å². The molecule has 1 fully saturated rings. The standard InChI is InChI=1S/C17H23BrO2/c1-2-12-4-3-5-14(10-12)16(17(19)20)11-13-6-8-15(18)9-7-13/h6-9,12,14,16H,2-5,10-11H2,1H3,(H,19,20). The Bertz CT molecular complexity index is 441. The van der Waals surface area contributed by atoms with Gasteiger partial charge in [0.1, 0.15) is 0 Å². The third kappa shape index (κ3) is 4.08. The van der Waals surface area contributed by atoms with Crippen molar-refractivity contribution in [2.24, 2.45) is 17.8 Å². The van der Waals surface area contributed by atoms with E-state index < -0.39 is 5.97 Å². The molecule has 0 radical (unpaired) electrons. The second-order valence-corrected chi connectivity index (χ2v) is 6.89. The minimum atomic E-state index is -0.630. The Balaban J connectivity index is 2.06. The fourth-order valence-electron chi connectivity index (χ4n) is 3.40. The molecule has 2 rings (SSSR count). The van der Waals surface area contributed by atoms with Gasteiger partial charge < -0.3 is 5.11 Å². The average molecular weight is 339 g/mol. The lowest BCUT2D eigenvalue weighted by Crippen LogP contribution is -2.30. The number of carboxylic acid groups (broad SMARTS) is 1. The van der Waals surface area contributed by atoms with Crippen molar-refractivity contribution in [2.45, 2.75) is 45.4 Å². The number of hydrogen-bond acceptors (Lipinski definition) is 1. The van der Waals surface area contributed by atoms with Crippen LogP contribution in [0.15, 0.2) is 28.7 Å². The number of aliphatic carboxylic acids is 1. The fraction of sp³-hybridized carbons (Fsp3) is 0.588. The van der Waals surface area contributed by atoms with Crippen LogP contribution < -0.4 is 0 Å². The van der Waals surface area contributed by atoms with Crippen LogP contribution in [-0.2, 0) is 11.2 Å². The molecule has 1 saturated carbocycles. The Hall–Kier alpha value is -0.830. The summed E-state index contributed by atoms with van der Waals surface area (Å²) < 4.78 is 1.04. The van der Waals surface area contributed by atoms with E-state index in [0.29, 0.717) is 12.3 Å². The molecule has 3 heteroatoms. The molecule has 20 heavy (non-hydrogen) atoms. The summed E-state index contributed by atoms with van der Waals surface area (Å²) in [4.78, 5) is 11.7. The summed E-state index contributed by atoms with van der Waals surface area (Å²) in [7, 11) is 0. The van der Waals surface area contributed by atoms with Crippen molar-refractivity contribution in [3.8, 4) is 0 Å². The summed E-state index contributed by atoms with van der Waals surface area (Å²) in [5.41, 5.74) is 1.12. The van der Waals surface area contributed by atoms with Gasteiger partial charge in [-0.05, 0) is 48.8 Å². The molecule has 1 aliphatic rings. The molecule has 2 nitrogen and oxygen atoms in total. The molecule has 0 saturated heterocycles. The zero-order valence-electron chi connectivity index (χ0n) is 12.0. The van der Waals surface area contributed by atoms with E-state index in [1.807, 2.05) is 24.3 Å². The second-order valence-electron chi connectivity index (χ2n) is 5.98. The first-order valence-corrected chi connectivity index (χ1v) is 8.36. The molecular formula is C17H23BrO2. The maximum Gasteiger partial charge on any atom is 0.307 e. The van der Waals surface area contributed by atoms with E-state index in [-0.39, 0.29) is 5.92 Å². The predicted molar refractivity (Wildman–Crippen MR) is 84.7 cm³/mol. The second kappa shape index (κ2) is 7.26. The van der Waals surface area contributed by atoms with E-state index in [1.165, 1.54) is 19.3 Å². The number of hydrogen-bond donors (Lipinski definition) is 1. The molecule has 3 atom stereocenters. The smallest absolute Gasteiger partial charge is 0.307 e. The highest BCUT2D eigenvalue weighted by Gasteiger charge is 2.32. The van der Waals surface area contributed by atoms with E-state index in [1.54, 1.807) is 0 Å². The quantitative estimate of drug-likeness (QED) is 0.828. The summed E-state index contributed by atoms with van der Waals surface area (Å²) in [6.45, 7) is 2.22. The highest BCUT2D eigenvalue weighted by atomic mass is 79.9. The molecule has 1 aromatic carbocycles. The molecule has 1 N–H and O–H groups in total. The molecule has 0 aromatic heterocycles. The average Bonchev–Trinajstić information content (AvgIpc) is 2.46. The summed E-state index contributed by atoms with van der Waals surface area (Å²) in [6, 6.07) is 8.04. The Morgan fingerprint density at radius 3 is 2.65 bits per heavy atom. The van der Waals surface area contributed by atoms with E-state index in [2.05, 4.69) is 22.9 Å². The van der Waals surface area contributed by atoms with Crippen molar-refractivity contribution in [3.05, 3.63) is 34.3 Å². The van der Waals surface area contributed by atoms with Crippen LogP contribution in [0.2, 0.25) is 0 Å². The van der Waals surface area contributed by atoms with Gasteiger partial charge in [0, 0.05) is 4.47 Å². The van der Waals surface area contributed by atoms with Crippen LogP contribution in [0.3, 0.4) is 0 Å². The molecule has 0 spiro atoms. The third-order valence-corrected chi connectivity index (χ3v) is 5.18. The summed E-state index contributed by atoms with van der Waals surface area (Å²) in [5, 5.41) is 9.59. The van der Waals surface area contributed by atoms with Gasteiger partial charge >= 0.3 is 5.97 Å². The lowest BCUT2D eigenvalue weighted by molar-refractivity contribution is -0.144. The van der Waals surface area contributed by atoms with E-state index in [4.69, 9.17) is 0 Å². The Labute approximate surface area is 129 Å². The molecular weight excluding hydrogens is 316 g/mol. The molecule has 0 aliphatic heterocycles. The van der Waals surface area contributed by atoms with Crippen molar-refractivity contribution in [1.29, 1.82) is 0 Å². The minimum absolute atomic E-state index is 0.231. The predicted octanol–water partition coefficient (Wildman–Crippen LogP) is 4.91. The monoisotopic (exact) mass is 338 g/mol. The molecule has 0 amide bonds. The van der Waals surface area contributed by atoms with Crippen molar-refractivity contribution < 1.29 is 9.90 Å². The van der Waals surface area contributed by atoms with Crippen LogP contribution in [-0.4, -0.2) is 11.1 Å². The van der Waals surface area contributed by atoms with Crippen LogP contribution in [0.1, 0.15) is 44.6 Å². The van der Waals surface area contributed by atoms with E-state index in [0.717, 1.165) is 28.8 Å². The SMILES string of the molecule is CCC1CCCC(C(Cc2ccc(Br)cc2)C(=O)O)C1. The first-order chi connectivity index (χ1) is 9.60. The number of halogens is 1. The van der Waals surface area contributed by atoms with Gasteiger partial charge in [-0.2, -0.15) is 0 Å². The maximum atomic E-state index is 11.7. The van der Waals surface area contributed by atoms with Gasteiger partial charge in [-0.1, -0.05) is 54.2 Å². The lowest BCUT2D eigenvalue weighted by Gasteiger charge is -2.32. The molecule has 0 heterocycles. The summed E-state index contributed by atoms with van der Waals surface area (Å²) >= 11 is 3.42. The molecule has 1 aliphatic carbocycles. The zero-order valence-corrected chi connectivity index (χ0v) is 13.6. The third-order valence-electron chi connectivity index (χ3n) is 4.66. The van der Waals surface area contributed by atoms with Crippen LogP contribution in [0.5, 0.6) is 0 Å². The van der Waals surface area contributed by atoms with Crippen molar-refractivity contribution in [1.82, 2.24) is 0 Å². The number of carbonyl (C=O) groups is 1. The maximum absolute atomic E-state index is 11.7. The van der Waals surface area contributed by atoms with Crippen molar-refractivity contribution in [2.75, 3.05) is 0 Å². The first-order valence-electron chi connectivity index (χ1n) is 7.57. The van der Waals surface area contributed by atoms with Gasteiger partial charge in [0.05, 0.1) is 5.92 Å². The van der Waals surface area contributed by atoms with Gasteiger partial charge in [0.2, 0.25) is 0 Å². The van der Waals surface area contributed by atoms with Crippen molar-refractivity contribution >= 4 is 21.9 Å². The Morgan fingerprint density at radius 1 is 1.35 bits per heavy atom. The van der Waals surface area contributed by atoms with E-state index in [9.17, 15) is 9.90 Å².